The second-order valence-electron chi connectivity index (χ2n) is 7.43. The first-order chi connectivity index (χ1) is 11.4. The number of amides is 2. The second-order valence-corrected chi connectivity index (χ2v) is 7.43. The van der Waals surface area contributed by atoms with E-state index in [-0.39, 0.29) is 12.1 Å². The van der Waals surface area contributed by atoms with Crippen LogP contribution in [0.5, 0.6) is 0 Å². The second kappa shape index (κ2) is 6.59. The zero-order valence-corrected chi connectivity index (χ0v) is 14.9. The van der Waals surface area contributed by atoms with Crippen LogP contribution >= 0.6 is 0 Å². The molecule has 1 aromatic rings. The Hall–Kier alpha value is -1.82. The maximum absolute atomic E-state index is 12.6. The number of nitrogens with zero attached hydrogens (tertiary/aromatic N) is 3. The number of aromatic nitrogens is 1. The number of aliphatic hydroxyl groups is 1. The van der Waals surface area contributed by atoms with Crippen molar-refractivity contribution in [3.63, 3.8) is 0 Å². The van der Waals surface area contributed by atoms with Crippen LogP contribution in [0.1, 0.15) is 45.2 Å². The van der Waals surface area contributed by atoms with E-state index in [1.165, 1.54) is 12.8 Å². The molecule has 2 aliphatic rings. The topological polar surface area (TPSA) is 68.7 Å². The average molecular weight is 332 g/mol. The number of rotatable bonds is 3. The van der Waals surface area contributed by atoms with Crippen LogP contribution in [0.3, 0.4) is 0 Å². The van der Waals surface area contributed by atoms with Gasteiger partial charge in [0.2, 0.25) is 0 Å². The molecule has 24 heavy (non-hydrogen) atoms. The fraction of sp³-hybridized carbons (Fsp3) is 0.667. The average Bonchev–Trinajstić information content (AvgIpc) is 3.20. The number of hydrogen-bond donors (Lipinski definition) is 2. The third-order valence-electron chi connectivity index (χ3n) is 5.07. The summed E-state index contributed by atoms with van der Waals surface area (Å²) in [4.78, 5) is 21.3. The molecule has 0 radical (unpaired) electrons. The maximum atomic E-state index is 12.6. The normalized spacial score (nSPS) is 21.4. The minimum atomic E-state index is -0.888. The van der Waals surface area contributed by atoms with Crippen molar-refractivity contribution in [2.45, 2.75) is 58.1 Å². The number of carbonyl (C=O) groups is 1. The van der Waals surface area contributed by atoms with Gasteiger partial charge in [-0.05, 0) is 58.6 Å². The van der Waals surface area contributed by atoms with Crippen LogP contribution in [0.2, 0.25) is 0 Å². The van der Waals surface area contributed by atoms with Crippen LogP contribution in [0.15, 0.2) is 12.1 Å². The van der Waals surface area contributed by atoms with Crippen molar-refractivity contribution in [1.29, 1.82) is 0 Å². The molecular formula is C18H28N4O2. The molecule has 1 aromatic heterocycles. The van der Waals surface area contributed by atoms with E-state index in [1.807, 2.05) is 19.1 Å². The third kappa shape index (κ3) is 3.48. The Morgan fingerprint density at radius 2 is 1.96 bits per heavy atom. The zero-order chi connectivity index (χ0) is 17.3. The maximum Gasteiger partial charge on any atom is 0.322 e. The predicted molar refractivity (Wildman–Crippen MR) is 95.5 cm³/mol. The lowest BCUT2D eigenvalue weighted by atomic mass is 9.97. The lowest BCUT2D eigenvalue weighted by Crippen LogP contribution is -2.49. The van der Waals surface area contributed by atoms with Gasteiger partial charge >= 0.3 is 6.03 Å². The largest absolute Gasteiger partial charge is 0.388 e. The van der Waals surface area contributed by atoms with E-state index < -0.39 is 5.60 Å². The van der Waals surface area contributed by atoms with E-state index in [0.717, 1.165) is 43.1 Å². The summed E-state index contributed by atoms with van der Waals surface area (Å²) in [5.74, 6) is 0.985. The number of anilines is 2. The number of aryl methyl sites for hydroxylation is 1. The summed E-state index contributed by atoms with van der Waals surface area (Å²) in [5.41, 5.74) is 0.678. The fourth-order valence-electron chi connectivity index (χ4n) is 3.73. The molecule has 2 saturated heterocycles. The first-order valence-corrected chi connectivity index (χ1v) is 8.89. The lowest BCUT2D eigenvalue weighted by Gasteiger charge is -2.33. The standard InChI is InChI=1S/C18H28N4O2/c1-13-14(8-9-16(19-13)21-10-4-5-11-21)20-17(23)22-12-6-7-15(22)18(2,3)24/h8-9,15,24H,4-7,10-12H2,1-3H3,(H,20,23). The number of carbonyl (C=O) groups excluding carboxylic acids is 1. The van der Waals surface area contributed by atoms with Crippen LogP contribution in [-0.4, -0.2) is 52.3 Å². The van der Waals surface area contributed by atoms with Gasteiger partial charge in [-0.15, -0.1) is 0 Å². The third-order valence-corrected chi connectivity index (χ3v) is 5.07. The molecular weight excluding hydrogens is 304 g/mol. The van der Waals surface area contributed by atoms with Crippen LogP contribution < -0.4 is 10.2 Å². The summed E-state index contributed by atoms with van der Waals surface area (Å²) in [6.45, 7) is 8.24. The summed E-state index contributed by atoms with van der Waals surface area (Å²) in [5, 5.41) is 13.2. The molecule has 2 amide bonds. The minimum Gasteiger partial charge on any atom is -0.388 e. The van der Waals surface area contributed by atoms with Gasteiger partial charge in [0.15, 0.2) is 0 Å². The number of pyridine rings is 1. The highest BCUT2D eigenvalue weighted by Gasteiger charge is 2.38. The van der Waals surface area contributed by atoms with Gasteiger partial charge in [0.1, 0.15) is 5.82 Å². The van der Waals surface area contributed by atoms with Gasteiger partial charge in [-0.1, -0.05) is 0 Å². The SMILES string of the molecule is Cc1nc(N2CCCC2)ccc1NC(=O)N1CCCC1C(C)(C)O. The number of hydrogen-bond acceptors (Lipinski definition) is 4. The molecule has 0 bridgehead atoms. The lowest BCUT2D eigenvalue weighted by molar-refractivity contribution is 0.0117. The summed E-state index contributed by atoms with van der Waals surface area (Å²) < 4.78 is 0. The fourth-order valence-corrected chi connectivity index (χ4v) is 3.73. The Labute approximate surface area is 143 Å². The van der Waals surface area contributed by atoms with Crippen molar-refractivity contribution in [1.82, 2.24) is 9.88 Å². The van der Waals surface area contributed by atoms with Gasteiger partial charge in [-0.25, -0.2) is 9.78 Å². The van der Waals surface area contributed by atoms with E-state index in [2.05, 4.69) is 15.2 Å². The molecule has 1 unspecified atom stereocenters. The summed E-state index contributed by atoms with van der Waals surface area (Å²) >= 11 is 0. The van der Waals surface area contributed by atoms with Gasteiger partial charge in [0.25, 0.3) is 0 Å². The molecule has 6 nitrogen and oxygen atoms in total. The zero-order valence-electron chi connectivity index (χ0n) is 14.9. The predicted octanol–water partition coefficient (Wildman–Crippen LogP) is 2.76. The summed E-state index contributed by atoms with van der Waals surface area (Å²) in [6, 6.07) is 3.61. The van der Waals surface area contributed by atoms with Gasteiger partial charge in [0.05, 0.1) is 23.0 Å². The molecule has 0 aliphatic carbocycles. The van der Waals surface area contributed by atoms with Crippen molar-refractivity contribution in [2.24, 2.45) is 0 Å². The van der Waals surface area contributed by atoms with Gasteiger partial charge in [0, 0.05) is 19.6 Å². The smallest absolute Gasteiger partial charge is 0.322 e. The van der Waals surface area contributed by atoms with Gasteiger partial charge in [-0.2, -0.15) is 0 Å². The molecule has 1 atom stereocenters. The quantitative estimate of drug-likeness (QED) is 0.893. The van der Waals surface area contributed by atoms with Gasteiger partial charge < -0.3 is 20.2 Å². The van der Waals surface area contributed by atoms with Crippen LogP contribution in [0, 0.1) is 6.92 Å². The van der Waals surface area contributed by atoms with E-state index in [9.17, 15) is 9.90 Å². The van der Waals surface area contributed by atoms with E-state index >= 15 is 0 Å². The highest BCUT2D eigenvalue weighted by atomic mass is 16.3. The first-order valence-electron chi connectivity index (χ1n) is 8.89. The highest BCUT2D eigenvalue weighted by Crippen LogP contribution is 2.28. The Kier molecular flexibility index (Phi) is 4.67. The molecule has 0 saturated carbocycles. The summed E-state index contributed by atoms with van der Waals surface area (Å²) in [6.07, 6.45) is 4.19. The Morgan fingerprint density at radius 3 is 2.58 bits per heavy atom. The molecule has 2 N–H and O–H groups in total. The van der Waals surface area contributed by atoms with Gasteiger partial charge in [-0.3, -0.25) is 0 Å². The molecule has 2 fully saturated rings. The molecule has 3 rings (SSSR count). The van der Waals surface area contributed by atoms with Crippen LogP contribution in [-0.2, 0) is 0 Å². The molecule has 3 heterocycles. The highest BCUT2D eigenvalue weighted by molar-refractivity contribution is 5.90. The van der Waals surface area contributed by atoms with Crippen molar-refractivity contribution in [2.75, 3.05) is 29.9 Å². The monoisotopic (exact) mass is 332 g/mol. The Morgan fingerprint density at radius 1 is 1.25 bits per heavy atom. The number of nitrogens with one attached hydrogen (secondary N) is 1. The Balaban J connectivity index is 1.70. The van der Waals surface area contributed by atoms with Crippen LogP contribution in [0.4, 0.5) is 16.3 Å². The molecule has 6 heteroatoms. The van der Waals surface area contributed by atoms with Crippen molar-refractivity contribution >= 4 is 17.5 Å². The van der Waals surface area contributed by atoms with E-state index in [1.54, 1.807) is 18.7 Å². The number of urea groups is 1. The summed E-state index contributed by atoms with van der Waals surface area (Å²) in [7, 11) is 0. The van der Waals surface area contributed by atoms with Crippen molar-refractivity contribution in [3.05, 3.63) is 17.8 Å². The van der Waals surface area contributed by atoms with Crippen molar-refractivity contribution in [3.8, 4) is 0 Å². The molecule has 132 valence electrons. The molecule has 0 spiro atoms. The first kappa shape index (κ1) is 17.0. The number of likely N-dealkylation sites (tertiary alicyclic amines) is 1. The van der Waals surface area contributed by atoms with Crippen LogP contribution in [0.25, 0.3) is 0 Å². The Bertz CT molecular complexity index is 606. The van der Waals surface area contributed by atoms with E-state index in [0.29, 0.717) is 6.54 Å². The molecule has 2 aliphatic heterocycles. The van der Waals surface area contributed by atoms with Crippen molar-refractivity contribution < 1.29 is 9.90 Å². The van der Waals surface area contributed by atoms with E-state index in [4.69, 9.17) is 0 Å². The molecule has 0 aromatic carbocycles. The minimum absolute atomic E-state index is 0.144.